The molecule has 3 aromatic carbocycles. The molecule has 17 nitrogen and oxygen atoms in total. The van der Waals surface area contributed by atoms with Crippen molar-refractivity contribution in [2.75, 3.05) is 93.9 Å². The minimum absolute atomic E-state index is 0.0757. The highest BCUT2D eigenvalue weighted by Gasteiger charge is 2.33. The maximum atomic E-state index is 14.3. The van der Waals surface area contributed by atoms with Crippen LogP contribution in [0.3, 0.4) is 0 Å². The Morgan fingerprint density at radius 3 is 2.54 bits per heavy atom. The minimum atomic E-state index is -4.62. The second kappa shape index (κ2) is 18.9. The molecule has 2 saturated heterocycles. The molecule has 4 aliphatic rings. The molecule has 5 aromatic rings. The van der Waals surface area contributed by atoms with E-state index in [0.717, 1.165) is 74.1 Å². The number of benzene rings is 3. The summed E-state index contributed by atoms with van der Waals surface area (Å²) in [6, 6.07) is 20.8. The second-order valence-corrected chi connectivity index (χ2v) is 22.9. The molecule has 1 aliphatic carbocycles. The normalized spacial score (nSPS) is 20.4. The van der Waals surface area contributed by atoms with Crippen molar-refractivity contribution in [1.29, 1.82) is 0 Å². The first-order valence-electron chi connectivity index (χ1n) is 22.6. The van der Waals surface area contributed by atoms with E-state index < -0.39 is 39.0 Å². The van der Waals surface area contributed by atoms with Crippen LogP contribution in [0.5, 0.6) is 5.88 Å². The number of aromatic amines is 1. The van der Waals surface area contributed by atoms with E-state index >= 15 is 0 Å². The number of carbonyl (C=O) groups is 1. The summed E-state index contributed by atoms with van der Waals surface area (Å²) in [6.45, 7) is 12.2. The lowest BCUT2D eigenvalue weighted by atomic mass is 9.72. The molecule has 9 rings (SSSR count). The number of ether oxygens (including phenoxy) is 1. The largest absolute Gasteiger partial charge is 0.474 e. The number of rotatable bonds is 13. The molecule has 1 atom stereocenters. The number of sulfonamides is 1. The number of fused-ring (bicyclic) bond motifs is 2. The van der Waals surface area contributed by atoms with Crippen LogP contribution in [-0.4, -0.2) is 118 Å². The van der Waals surface area contributed by atoms with Crippen molar-refractivity contribution >= 4 is 80.1 Å². The molecule has 0 saturated carbocycles. The van der Waals surface area contributed by atoms with Crippen LogP contribution < -0.4 is 24.6 Å². The zero-order valence-electron chi connectivity index (χ0n) is 37.8. The zero-order chi connectivity index (χ0) is 47.1. The van der Waals surface area contributed by atoms with Gasteiger partial charge in [0.1, 0.15) is 23.6 Å². The fourth-order valence-electron chi connectivity index (χ4n) is 9.46. The summed E-state index contributed by atoms with van der Waals surface area (Å²) >= 11 is 6.27. The number of H-pyrrole nitrogens is 1. The quantitative estimate of drug-likeness (QED) is 0.0577. The average molecular weight is 973 g/mol. The van der Waals surface area contributed by atoms with Gasteiger partial charge in [-0.3, -0.25) is 24.4 Å². The van der Waals surface area contributed by atoms with Gasteiger partial charge in [0, 0.05) is 87.4 Å². The number of anilines is 4. The standard InChI is InChI=1S/C47H55ClN9O8PS/c1-47(2)15-13-34(39(30-47)32-5-7-35(48)8-6-32)31-53-20-22-54(23-21-53)36-9-11-38(41(28-36)56-24-26-64-46-43(56)27-33-14-16-50-44(33)51-46)45(58)52-67(62,63)37-10-12-40(42(29-37)57(59)60)49-17-19-55-18-4-25-65-66(55,3)61/h5-12,14,16,27-29,49H,4,13,15,17-26,30-31H2,1-3H3,(H,50,51)(H,52,58). The van der Waals surface area contributed by atoms with E-state index in [2.05, 4.69) is 55.8 Å². The third kappa shape index (κ3) is 10.2. The molecule has 1 amide bonds. The third-order valence-corrected chi connectivity index (χ3v) is 16.8. The van der Waals surface area contributed by atoms with Crippen molar-refractivity contribution in [1.82, 2.24) is 24.3 Å². The molecule has 1 unspecified atom stereocenters. The van der Waals surface area contributed by atoms with E-state index in [0.29, 0.717) is 55.6 Å². The van der Waals surface area contributed by atoms with Crippen LogP contribution in [-0.2, 0) is 19.1 Å². The fraction of sp³-hybridized carbons (Fsp3) is 0.404. The minimum Gasteiger partial charge on any atom is -0.474 e. The number of hydrogen-bond acceptors (Lipinski definition) is 13. The van der Waals surface area contributed by atoms with Crippen molar-refractivity contribution in [3.05, 3.63) is 111 Å². The van der Waals surface area contributed by atoms with Crippen LogP contribution in [0.15, 0.2) is 89.5 Å². The van der Waals surface area contributed by atoms with Gasteiger partial charge in [-0.15, -0.1) is 0 Å². The molecule has 0 radical (unpaired) electrons. The first-order valence-corrected chi connectivity index (χ1v) is 26.5. The summed E-state index contributed by atoms with van der Waals surface area (Å²) in [5.41, 5.74) is 6.56. The number of amides is 1. The van der Waals surface area contributed by atoms with Crippen molar-refractivity contribution in [3.63, 3.8) is 0 Å². The molecule has 5 heterocycles. The number of nitro groups is 1. The van der Waals surface area contributed by atoms with Gasteiger partial charge in [-0.25, -0.2) is 17.8 Å². The van der Waals surface area contributed by atoms with Gasteiger partial charge in [-0.1, -0.05) is 43.2 Å². The molecule has 67 heavy (non-hydrogen) atoms. The van der Waals surface area contributed by atoms with Gasteiger partial charge in [0.25, 0.3) is 29.1 Å². The number of nitrogens with zero attached hydrogens (tertiary/aromatic N) is 6. The Labute approximate surface area is 395 Å². The molecule has 20 heteroatoms. The maximum Gasteiger partial charge on any atom is 0.293 e. The van der Waals surface area contributed by atoms with Gasteiger partial charge >= 0.3 is 0 Å². The molecule has 0 spiro atoms. The van der Waals surface area contributed by atoms with E-state index in [1.807, 2.05) is 41.3 Å². The highest BCUT2D eigenvalue weighted by atomic mass is 35.5. The highest BCUT2D eigenvalue weighted by molar-refractivity contribution is 7.90. The average Bonchev–Trinajstić information content (AvgIpc) is 3.77. The first kappa shape index (κ1) is 46.6. The number of nitrogens with one attached hydrogen (secondary N) is 3. The Bertz CT molecular complexity index is 2900. The number of carbonyl (C=O) groups excluding carboxylic acids is 1. The van der Waals surface area contributed by atoms with E-state index in [-0.39, 0.29) is 29.8 Å². The number of hydrogen-bond donors (Lipinski definition) is 3. The number of allylic oxidation sites excluding steroid dienone is 1. The summed E-state index contributed by atoms with van der Waals surface area (Å²) < 4.78 is 56.0. The van der Waals surface area contributed by atoms with E-state index in [4.69, 9.17) is 20.9 Å². The van der Waals surface area contributed by atoms with Crippen molar-refractivity contribution < 1.29 is 32.0 Å². The van der Waals surface area contributed by atoms with E-state index in [1.165, 1.54) is 35.5 Å². The summed E-state index contributed by atoms with van der Waals surface area (Å²) in [5, 5.41) is 16.8. The number of pyridine rings is 1. The number of aromatic nitrogens is 2. The van der Waals surface area contributed by atoms with Crippen LogP contribution in [0.1, 0.15) is 55.5 Å². The Balaban J connectivity index is 0.960. The maximum absolute atomic E-state index is 14.3. The second-order valence-electron chi connectivity index (χ2n) is 18.4. The van der Waals surface area contributed by atoms with E-state index in [1.54, 1.807) is 16.9 Å². The molecule has 354 valence electrons. The van der Waals surface area contributed by atoms with Crippen LogP contribution >= 0.6 is 19.1 Å². The van der Waals surface area contributed by atoms with Crippen LogP contribution in [0.2, 0.25) is 5.02 Å². The van der Waals surface area contributed by atoms with E-state index in [9.17, 15) is 27.9 Å². The molecule has 3 aliphatic heterocycles. The number of piperazine rings is 1. The van der Waals surface area contributed by atoms with Crippen LogP contribution in [0.4, 0.5) is 28.4 Å². The molecule has 3 N–H and O–H groups in total. The van der Waals surface area contributed by atoms with Crippen LogP contribution in [0.25, 0.3) is 16.6 Å². The van der Waals surface area contributed by atoms with Gasteiger partial charge in [0.2, 0.25) is 5.88 Å². The van der Waals surface area contributed by atoms with Gasteiger partial charge in [0.05, 0.1) is 34.2 Å². The number of nitro benzene ring substituents is 1. The molecular formula is C47H55ClN9O8PS. The monoisotopic (exact) mass is 971 g/mol. The number of halogens is 1. The van der Waals surface area contributed by atoms with Gasteiger partial charge in [-0.2, -0.15) is 4.98 Å². The Hall–Kier alpha value is -5.49. The Morgan fingerprint density at radius 1 is 0.985 bits per heavy atom. The zero-order valence-corrected chi connectivity index (χ0v) is 40.3. The molecule has 2 fully saturated rings. The fourth-order valence-corrected chi connectivity index (χ4v) is 12.2. The smallest absolute Gasteiger partial charge is 0.293 e. The van der Waals surface area contributed by atoms with Gasteiger partial charge in [0.15, 0.2) is 0 Å². The molecular weight excluding hydrogens is 917 g/mol. The molecule has 0 bridgehead atoms. The van der Waals surface area contributed by atoms with Crippen molar-refractivity contribution in [2.24, 2.45) is 5.41 Å². The van der Waals surface area contributed by atoms with Gasteiger partial charge < -0.3 is 29.4 Å². The Morgan fingerprint density at radius 2 is 1.78 bits per heavy atom. The van der Waals surface area contributed by atoms with Crippen molar-refractivity contribution in [2.45, 2.75) is 44.4 Å². The highest BCUT2D eigenvalue weighted by Crippen LogP contribution is 2.49. The third-order valence-electron chi connectivity index (χ3n) is 13.2. The van der Waals surface area contributed by atoms with Gasteiger partial charge in [-0.05, 0) is 96.8 Å². The van der Waals surface area contributed by atoms with Crippen molar-refractivity contribution in [3.8, 4) is 5.88 Å². The SMILES string of the molecule is CC1(C)CCC(CN2CCN(c3ccc(C(=O)NS(=O)(=O)c4ccc(NCCN5CCCOP5(C)=O)c([N+](=O)[O-])c4)c(N4CCOc5nc6[nH]ccc6cc54)c3)CC2)=C(c2ccc(Cl)cc2)C1. The predicted octanol–water partition coefficient (Wildman–Crippen LogP) is 8.52. The summed E-state index contributed by atoms with van der Waals surface area (Å²) in [6.07, 6.45) is 5.67. The summed E-state index contributed by atoms with van der Waals surface area (Å²) in [5.74, 6) is -0.542. The summed E-state index contributed by atoms with van der Waals surface area (Å²) in [4.78, 5) is 39.9. The lowest BCUT2D eigenvalue weighted by Crippen LogP contribution is -2.47. The molecule has 2 aromatic heterocycles. The lowest BCUT2D eigenvalue weighted by molar-refractivity contribution is -0.384. The summed E-state index contributed by atoms with van der Waals surface area (Å²) in [7, 11) is -7.59. The lowest BCUT2D eigenvalue weighted by Gasteiger charge is -2.39. The Kier molecular flexibility index (Phi) is 13.1. The van der Waals surface area contributed by atoms with Crippen LogP contribution in [0, 0.1) is 15.5 Å². The predicted molar refractivity (Wildman–Crippen MR) is 262 cm³/mol. The topological polar surface area (TPSA) is 196 Å². The first-order chi connectivity index (χ1) is 32.0.